The number of nitrogens with zero attached hydrogens (tertiary/aromatic N) is 4. The summed E-state index contributed by atoms with van der Waals surface area (Å²) in [6, 6.07) is 15.4. The van der Waals surface area contributed by atoms with Gasteiger partial charge in [0.15, 0.2) is 0 Å². The summed E-state index contributed by atoms with van der Waals surface area (Å²) in [5.41, 5.74) is 8.61. The predicted molar refractivity (Wildman–Crippen MR) is 127 cm³/mol. The fraction of sp³-hybridized carbons (Fsp3) is 0.308. The average Bonchev–Trinajstić information content (AvgIpc) is 3.44. The number of H-pyrrole nitrogens is 1. The molecule has 0 saturated carbocycles. The van der Waals surface area contributed by atoms with Crippen molar-refractivity contribution in [3.63, 3.8) is 0 Å². The molecule has 3 heterocycles. The number of benzene rings is 2. The third-order valence-corrected chi connectivity index (χ3v) is 7.24. The lowest BCUT2D eigenvalue weighted by atomic mass is 9.86. The molecule has 2 aromatic carbocycles. The minimum atomic E-state index is 0.573. The van der Waals surface area contributed by atoms with Gasteiger partial charge in [-0.3, -0.25) is 4.90 Å². The van der Waals surface area contributed by atoms with Gasteiger partial charge < -0.3 is 9.55 Å². The van der Waals surface area contributed by atoms with Crippen LogP contribution in [0.1, 0.15) is 34.6 Å². The van der Waals surface area contributed by atoms with Gasteiger partial charge in [0.2, 0.25) is 0 Å². The van der Waals surface area contributed by atoms with E-state index in [2.05, 4.69) is 43.8 Å². The van der Waals surface area contributed by atoms with E-state index >= 15 is 0 Å². The molecule has 0 saturated heterocycles. The Balaban J connectivity index is 1.19. The van der Waals surface area contributed by atoms with Gasteiger partial charge in [0.1, 0.15) is 5.82 Å². The summed E-state index contributed by atoms with van der Waals surface area (Å²) >= 11 is 6.40. The van der Waals surface area contributed by atoms with Crippen molar-refractivity contribution in [1.29, 1.82) is 0 Å². The molecule has 0 fully saturated rings. The number of aromatic nitrogens is 4. The highest BCUT2D eigenvalue weighted by Gasteiger charge is 2.29. The second kappa shape index (κ2) is 7.91. The van der Waals surface area contributed by atoms with Crippen LogP contribution in [0.5, 0.6) is 0 Å². The molecule has 1 atom stereocenters. The van der Waals surface area contributed by atoms with Crippen molar-refractivity contribution in [1.82, 2.24) is 24.4 Å². The Morgan fingerprint density at radius 2 is 2.00 bits per heavy atom. The first-order chi connectivity index (χ1) is 15.6. The van der Waals surface area contributed by atoms with Crippen molar-refractivity contribution >= 4 is 11.6 Å². The SMILES string of the molecule is Cc1cn(-c2ccc3c(c2)CCC(N2CCc4nc(-c5ccccc5Cl)[nH]c4C2)C3)cn1. The molecule has 32 heavy (non-hydrogen) atoms. The fourth-order valence-corrected chi connectivity index (χ4v) is 5.39. The van der Waals surface area contributed by atoms with Gasteiger partial charge >= 0.3 is 0 Å². The van der Waals surface area contributed by atoms with Crippen LogP contribution < -0.4 is 0 Å². The molecule has 2 aromatic heterocycles. The normalized spacial score (nSPS) is 18.4. The van der Waals surface area contributed by atoms with E-state index in [0.29, 0.717) is 6.04 Å². The number of hydrogen-bond donors (Lipinski definition) is 1. The zero-order valence-corrected chi connectivity index (χ0v) is 18.9. The van der Waals surface area contributed by atoms with Crippen molar-refractivity contribution < 1.29 is 0 Å². The monoisotopic (exact) mass is 443 g/mol. The summed E-state index contributed by atoms with van der Waals surface area (Å²) in [6.07, 6.45) is 8.40. The Kier molecular flexibility index (Phi) is 4.89. The fourth-order valence-electron chi connectivity index (χ4n) is 5.16. The Bertz CT molecular complexity index is 1290. The Hall–Kier alpha value is -2.89. The van der Waals surface area contributed by atoms with E-state index in [0.717, 1.165) is 54.5 Å². The topological polar surface area (TPSA) is 49.7 Å². The minimum absolute atomic E-state index is 0.573. The number of aryl methyl sites for hydroxylation is 2. The molecule has 1 aliphatic heterocycles. The van der Waals surface area contributed by atoms with Crippen LogP contribution >= 0.6 is 11.6 Å². The van der Waals surface area contributed by atoms with Gasteiger partial charge in [-0.15, -0.1) is 0 Å². The molecule has 2 aliphatic rings. The standard InChI is InChI=1S/C26H26ClN5/c1-17-14-32(16-28-17)21-9-7-18-12-20(8-6-19(18)13-21)31-11-10-24-25(15-31)30-26(29-24)22-4-2-3-5-23(22)27/h2-5,7,9,13-14,16,20H,6,8,10-12,15H2,1H3,(H,29,30). The van der Waals surface area contributed by atoms with Crippen LogP contribution in [-0.4, -0.2) is 37.0 Å². The van der Waals surface area contributed by atoms with Crippen molar-refractivity contribution in [2.75, 3.05) is 6.54 Å². The lowest BCUT2D eigenvalue weighted by Gasteiger charge is -2.37. The van der Waals surface area contributed by atoms with E-state index in [-0.39, 0.29) is 0 Å². The maximum atomic E-state index is 6.40. The Labute approximate surface area is 193 Å². The third-order valence-electron chi connectivity index (χ3n) is 6.91. The van der Waals surface area contributed by atoms with Crippen molar-refractivity contribution in [2.24, 2.45) is 0 Å². The Morgan fingerprint density at radius 1 is 1.09 bits per heavy atom. The quantitative estimate of drug-likeness (QED) is 0.477. The van der Waals surface area contributed by atoms with E-state index in [1.165, 1.54) is 34.6 Å². The van der Waals surface area contributed by atoms with Crippen molar-refractivity contribution in [3.8, 4) is 17.1 Å². The number of nitrogens with one attached hydrogen (secondary N) is 1. The largest absolute Gasteiger partial charge is 0.340 e. The molecule has 0 bridgehead atoms. The van der Waals surface area contributed by atoms with Gasteiger partial charge in [-0.2, -0.15) is 0 Å². The van der Waals surface area contributed by atoms with E-state index in [1.807, 2.05) is 37.5 Å². The van der Waals surface area contributed by atoms with Gasteiger partial charge in [0.05, 0.1) is 28.4 Å². The number of imidazole rings is 2. The second-order valence-corrected chi connectivity index (χ2v) is 9.39. The van der Waals surface area contributed by atoms with Crippen molar-refractivity contribution in [2.45, 2.75) is 45.2 Å². The summed E-state index contributed by atoms with van der Waals surface area (Å²) in [4.78, 5) is 15.4. The zero-order chi connectivity index (χ0) is 21.7. The molecule has 1 unspecified atom stereocenters. The van der Waals surface area contributed by atoms with Gasteiger partial charge in [-0.25, -0.2) is 9.97 Å². The number of hydrogen-bond acceptors (Lipinski definition) is 3. The second-order valence-electron chi connectivity index (χ2n) is 8.98. The molecule has 162 valence electrons. The minimum Gasteiger partial charge on any atom is -0.340 e. The molecular formula is C26H26ClN5. The first-order valence-electron chi connectivity index (χ1n) is 11.3. The molecule has 0 amide bonds. The highest BCUT2D eigenvalue weighted by molar-refractivity contribution is 6.33. The zero-order valence-electron chi connectivity index (χ0n) is 18.2. The number of aromatic amines is 1. The molecule has 1 aliphatic carbocycles. The van der Waals surface area contributed by atoms with Crippen LogP contribution in [-0.2, 0) is 25.8 Å². The highest BCUT2D eigenvalue weighted by atomic mass is 35.5. The van der Waals surface area contributed by atoms with Gasteiger partial charge in [-0.1, -0.05) is 29.8 Å². The highest BCUT2D eigenvalue weighted by Crippen LogP contribution is 2.31. The molecule has 0 radical (unpaired) electrons. The number of halogens is 1. The Morgan fingerprint density at radius 3 is 2.84 bits per heavy atom. The van der Waals surface area contributed by atoms with E-state index in [4.69, 9.17) is 16.6 Å². The van der Waals surface area contributed by atoms with Gasteiger partial charge in [0.25, 0.3) is 0 Å². The first kappa shape index (κ1) is 19.8. The van der Waals surface area contributed by atoms with Crippen LogP contribution in [0.2, 0.25) is 5.02 Å². The third kappa shape index (κ3) is 3.55. The molecule has 1 N–H and O–H groups in total. The smallest absolute Gasteiger partial charge is 0.139 e. The van der Waals surface area contributed by atoms with Crippen LogP contribution in [0.3, 0.4) is 0 Å². The first-order valence-corrected chi connectivity index (χ1v) is 11.7. The van der Waals surface area contributed by atoms with Crippen LogP contribution in [0.25, 0.3) is 17.1 Å². The van der Waals surface area contributed by atoms with Crippen molar-refractivity contribution in [3.05, 3.63) is 88.2 Å². The maximum Gasteiger partial charge on any atom is 0.139 e. The lowest BCUT2D eigenvalue weighted by Crippen LogP contribution is -2.42. The maximum absolute atomic E-state index is 6.40. The number of fused-ring (bicyclic) bond motifs is 2. The van der Waals surface area contributed by atoms with Gasteiger partial charge in [0, 0.05) is 43.0 Å². The summed E-state index contributed by atoms with van der Waals surface area (Å²) in [5.74, 6) is 0.888. The van der Waals surface area contributed by atoms with E-state index in [9.17, 15) is 0 Å². The average molecular weight is 444 g/mol. The summed E-state index contributed by atoms with van der Waals surface area (Å²) in [5, 5.41) is 0.740. The molecule has 0 spiro atoms. The summed E-state index contributed by atoms with van der Waals surface area (Å²) < 4.78 is 2.11. The van der Waals surface area contributed by atoms with Crippen LogP contribution in [0, 0.1) is 6.92 Å². The van der Waals surface area contributed by atoms with E-state index in [1.54, 1.807) is 0 Å². The summed E-state index contributed by atoms with van der Waals surface area (Å²) in [7, 11) is 0. The lowest BCUT2D eigenvalue weighted by molar-refractivity contribution is 0.160. The van der Waals surface area contributed by atoms with Crippen LogP contribution in [0.15, 0.2) is 55.0 Å². The van der Waals surface area contributed by atoms with E-state index < -0.39 is 0 Å². The van der Waals surface area contributed by atoms with Gasteiger partial charge in [-0.05, 0) is 61.6 Å². The predicted octanol–water partition coefficient (Wildman–Crippen LogP) is 5.14. The van der Waals surface area contributed by atoms with Crippen LogP contribution in [0.4, 0.5) is 0 Å². The molecule has 5 nitrogen and oxygen atoms in total. The molecule has 6 rings (SSSR count). The summed E-state index contributed by atoms with van der Waals surface area (Å²) in [6.45, 7) is 4.02. The number of rotatable bonds is 3. The molecule has 6 heteroatoms. The molecule has 4 aromatic rings. The molecular weight excluding hydrogens is 418 g/mol.